The Kier molecular flexibility index (Phi) is 5.38. The zero-order chi connectivity index (χ0) is 13.5. The van der Waals surface area contributed by atoms with Gasteiger partial charge in [-0.05, 0) is 25.3 Å². The third-order valence-corrected chi connectivity index (χ3v) is 3.74. The molecule has 0 N–H and O–H groups in total. The molecule has 0 spiro atoms. The molecule has 3 nitrogen and oxygen atoms in total. The number of benzene rings is 1. The zero-order valence-electron chi connectivity index (χ0n) is 11.6. The fourth-order valence-electron chi connectivity index (χ4n) is 2.57. The summed E-state index contributed by atoms with van der Waals surface area (Å²) in [5.74, 6) is 0. The van der Waals surface area contributed by atoms with Gasteiger partial charge in [-0.3, -0.25) is 0 Å². The van der Waals surface area contributed by atoms with Gasteiger partial charge in [0.1, 0.15) is 0 Å². The van der Waals surface area contributed by atoms with Crippen LogP contribution < -0.4 is 0 Å². The molecule has 0 aromatic heterocycles. The van der Waals surface area contributed by atoms with E-state index in [0.717, 1.165) is 32.5 Å². The van der Waals surface area contributed by atoms with Gasteiger partial charge in [0.15, 0.2) is 0 Å². The van der Waals surface area contributed by atoms with Gasteiger partial charge in [0.05, 0.1) is 18.3 Å². The highest BCUT2D eigenvalue weighted by Gasteiger charge is 2.21. The summed E-state index contributed by atoms with van der Waals surface area (Å²) in [4.78, 5) is 2.36. The lowest BCUT2D eigenvalue weighted by atomic mass is 10.1. The molecule has 1 aliphatic heterocycles. The molecule has 1 atom stereocenters. The number of likely N-dealkylation sites (tertiary alicyclic amines) is 1. The van der Waals surface area contributed by atoms with Crippen molar-refractivity contribution in [1.82, 2.24) is 4.90 Å². The molecule has 0 radical (unpaired) electrons. The fraction of sp³-hybridized carbons (Fsp3) is 0.562. The molecule has 1 saturated heterocycles. The molecule has 0 saturated carbocycles. The van der Waals surface area contributed by atoms with E-state index in [-0.39, 0.29) is 6.10 Å². The minimum atomic E-state index is 0.164. The Balaban J connectivity index is 1.75. The molecule has 1 aliphatic rings. The highest BCUT2D eigenvalue weighted by atomic mass is 16.5. The summed E-state index contributed by atoms with van der Waals surface area (Å²) in [6, 6.07) is 12.6. The molecule has 2 rings (SSSR count). The maximum atomic E-state index is 8.59. The average Bonchev–Trinajstić information content (AvgIpc) is 2.47. The van der Waals surface area contributed by atoms with Gasteiger partial charge in [-0.1, -0.05) is 30.3 Å². The minimum Gasteiger partial charge on any atom is -0.370 e. The van der Waals surface area contributed by atoms with Crippen LogP contribution in [-0.2, 0) is 4.74 Å². The Morgan fingerprint density at radius 3 is 2.63 bits per heavy atom. The first kappa shape index (κ1) is 14.0. The van der Waals surface area contributed by atoms with Crippen LogP contribution in [0.5, 0.6) is 0 Å². The highest BCUT2D eigenvalue weighted by Crippen LogP contribution is 2.23. The predicted molar refractivity (Wildman–Crippen MR) is 75.6 cm³/mol. The molecule has 0 bridgehead atoms. The van der Waals surface area contributed by atoms with Crippen molar-refractivity contribution in [2.24, 2.45) is 0 Å². The molecule has 1 fully saturated rings. The summed E-state index contributed by atoms with van der Waals surface area (Å²) in [5, 5.41) is 8.59. The van der Waals surface area contributed by atoms with Crippen molar-refractivity contribution < 1.29 is 4.74 Å². The Bertz CT molecular complexity index is 405. The summed E-state index contributed by atoms with van der Waals surface area (Å²) in [6.45, 7) is 5.12. The van der Waals surface area contributed by atoms with Gasteiger partial charge < -0.3 is 9.64 Å². The van der Waals surface area contributed by atoms with Gasteiger partial charge >= 0.3 is 0 Å². The van der Waals surface area contributed by atoms with Crippen molar-refractivity contribution in [2.45, 2.75) is 38.4 Å². The molecule has 0 aliphatic carbocycles. The summed E-state index contributed by atoms with van der Waals surface area (Å²) >= 11 is 0. The monoisotopic (exact) mass is 258 g/mol. The first-order chi connectivity index (χ1) is 9.29. The second-order valence-corrected chi connectivity index (χ2v) is 5.14. The maximum Gasteiger partial charge on any atom is 0.0800 e. The van der Waals surface area contributed by atoms with Crippen LogP contribution in [0.1, 0.15) is 37.9 Å². The largest absolute Gasteiger partial charge is 0.370 e. The van der Waals surface area contributed by atoms with Crippen molar-refractivity contribution in [2.75, 3.05) is 19.6 Å². The van der Waals surface area contributed by atoms with E-state index in [4.69, 9.17) is 10.00 Å². The Labute approximate surface area is 115 Å². The minimum absolute atomic E-state index is 0.164. The van der Waals surface area contributed by atoms with Crippen LogP contribution in [0.3, 0.4) is 0 Å². The average molecular weight is 258 g/mol. The summed E-state index contributed by atoms with van der Waals surface area (Å²) in [7, 11) is 0. The molecule has 1 heterocycles. The van der Waals surface area contributed by atoms with E-state index in [1.807, 2.05) is 6.07 Å². The zero-order valence-corrected chi connectivity index (χ0v) is 11.6. The normalized spacial score (nSPS) is 18.9. The number of ether oxygens (including phenoxy) is 1. The molecule has 1 unspecified atom stereocenters. The molecular formula is C16H22N2O. The van der Waals surface area contributed by atoms with E-state index in [1.165, 1.54) is 5.56 Å². The number of nitriles is 1. The van der Waals surface area contributed by atoms with E-state index in [9.17, 15) is 0 Å². The van der Waals surface area contributed by atoms with Crippen LogP contribution in [0.4, 0.5) is 0 Å². The van der Waals surface area contributed by atoms with E-state index in [2.05, 4.69) is 42.2 Å². The quantitative estimate of drug-likeness (QED) is 0.814. The summed E-state index contributed by atoms with van der Waals surface area (Å²) in [5.41, 5.74) is 1.24. The second kappa shape index (κ2) is 7.28. The van der Waals surface area contributed by atoms with Crippen LogP contribution in [0, 0.1) is 11.3 Å². The highest BCUT2D eigenvalue weighted by molar-refractivity contribution is 5.16. The molecule has 1 aromatic carbocycles. The number of piperidine rings is 1. The summed E-state index contributed by atoms with van der Waals surface area (Å²) in [6.07, 6.45) is 3.29. The molecule has 1 aromatic rings. The van der Waals surface area contributed by atoms with E-state index < -0.39 is 0 Å². The van der Waals surface area contributed by atoms with Gasteiger partial charge in [-0.15, -0.1) is 0 Å². The molecule has 102 valence electrons. The Morgan fingerprint density at radius 2 is 2.00 bits per heavy atom. The third kappa shape index (κ3) is 4.34. The standard InChI is InChI=1S/C16H22N2O/c1-14(15-6-3-2-4-7-15)19-16-8-12-18(13-9-16)11-5-10-17/h2-4,6-7,14,16H,5,8-9,11-13H2,1H3. The van der Waals surface area contributed by atoms with Crippen molar-refractivity contribution in [3.63, 3.8) is 0 Å². The molecule has 19 heavy (non-hydrogen) atoms. The van der Waals surface area contributed by atoms with E-state index >= 15 is 0 Å². The van der Waals surface area contributed by atoms with E-state index in [0.29, 0.717) is 12.5 Å². The first-order valence-corrected chi connectivity index (χ1v) is 7.09. The second-order valence-electron chi connectivity index (χ2n) is 5.14. The number of hydrogen-bond acceptors (Lipinski definition) is 3. The fourth-order valence-corrected chi connectivity index (χ4v) is 2.57. The lowest BCUT2D eigenvalue weighted by molar-refractivity contribution is -0.0357. The number of rotatable bonds is 5. The predicted octanol–water partition coefficient (Wildman–Crippen LogP) is 3.14. The van der Waals surface area contributed by atoms with Crippen molar-refractivity contribution in [3.05, 3.63) is 35.9 Å². The van der Waals surface area contributed by atoms with Gasteiger partial charge in [-0.25, -0.2) is 0 Å². The topological polar surface area (TPSA) is 36.3 Å². The maximum absolute atomic E-state index is 8.59. The summed E-state index contributed by atoms with van der Waals surface area (Å²) < 4.78 is 6.14. The van der Waals surface area contributed by atoms with Crippen LogP contribution in [0.2, 0.25) is 0 Å². The van der Waals surface area contributed by atoms with Crippen LogP contribution >= 0.6 is 0 Å². The van der Waals surface area contributed by atoms with Gasteiger partial charge in [0.25, 0.3) is 0 Å². The Morgan fingerprint density at radius 1 is 1.32 bits per heavy atom. The van der Waals surface area contributed by atoms with Crippen LogP contribution in [0.25, 0.3) is 0 Å². The smallest absolute Gasteiger partial charge is 0.0800 e. The first-order valence-electron chi connectivity index (χ1n) is 7.09. The molecule has 0 amide bonds. The lowest BCUT2D eigenvalue weighted by Crippen LogP contribution is -2.37. The van der Waals surface area contributed by atoms with E-state index in [1.54, 1.807) is 0 Å². The molecular weight excluding hydrogens is 236 g/mol. The van der Waals surface area contributed by atoms with Crippen LogP contribution in [-0.4, -0.2) is 30.6 Å². The SMILES string of the molecule is CC(OC1CCN(CCC#N)CC1)c1ccccc1. The third-order valence-electron chi connectivity index (χ3n) is 3.74. The Hall–Kier alpha value is -1.37. The van der Waals surface area contributed by atoms with Crippen molar-refractivity contribution >= 4 is 0 Å². The number of hydrogen-bond donors (Lipinski definition) is 0. The van der Waals surface area contributed by atoms with Gasteiger partial charge in [0.2, 0.25) is 0 Å². The van der Waals surface area contributed by atoms with Gasteiger partial charge in [0, 0.05) is 26.1 Å². The van der Waals surface area contributed by atoms with Crippen molar-refractivity contribution in [3.8, 4) is 6.07 Å². The van der Waals surface area contributed by atoms with Gasteiger partial charge in [-0.2, -0.15) is 5.26 Å². The molecule has 3 heteroatoms. The van der Waals surface area contributed by atoms with Crippen molar-refractivity contribution in [1.29, 1.82) is 5.26 Å². The van der Waals surface area contributed by atoms with Crippen LogP contribution in [0.15, 0.2) is 30.3 Å². The number of nitrogens with zero attached hydrogens (tertiary/aromatic N) is 2. The lowest BCUT2D eigenvalue weighted by Gasteiger charge is -2.32.